The minimum Gasteiger partial charge on any atom is -0.508 e. The fraction of sp³-hybridized carbons (Fsp3) is 0.263. The molecule has 0 aliphatic rings. The predicted octanol–water partition coefficient (Wildman–Crippen LogP) is 4.50. The van der Waals surface area contributed by atoms with E-state index < -0.39 is 0 Å². The molecule has 22 heavy (non-hydrogen) atoms. The third kappa shape index (κ3) is 4.25. The standard InChI is InChI=1S/C19H20O2S/c1-12-4-5-15(18(20)9-12)10-17(22)11-19(21)16-7-13(2)6-14(3)8-16/h4-9,20H,10-11H2,1-3H3. The highest BCUT2D eigenvalue weighted by Crippen LogP contribution is 2.20. The van der Waals surface area contributed by atoms with Crippen LogP contribution in [0.15, 0.2) is 36.4 Å². The number of carbonyl (C=O) groups excluding carboxylic acids is 1. The molecule has 0 fully saturated rings. The van der Waals surface area contributed by atoms with E-state index in [1.54, 1.807) is 6.07 Å². The predicted molar refractivity (Wildman–Crippen MR) is 94.0 cm³/mol. The van der Waals surface area contributed by atoms with Gasteiger partial charge in [-0.1, -0.05) is 41.5 Å². The van der Waals surface area contributed by atoms with Gasteiger partial charge in [-0.15, -0.1) is 0 Å². The summed E-state index contributed by atoms with van der Waals surface area (Å²) < 4.78 is 0. The second kappa shape index (κ2) is 6.84. The second-order valence-corrected chi connectivity index (χ2v) is 6.40. The number of phenols is 1. The highest BCUT2D eigenvalue weighted by atomic mass is 32.1. The molecule has 0 aliphatic heterocycles. The molecule has 2 nitrogen and oxygen atoms in total. The highest BCUT2D eigenvalue weighted by molar-refractivity contribution is 7.80. The molecule has 0 radical (unpaired) electrons. The third-order valence-corrected chi connectivity index (χ3v) is 3.82. The third-order valence-electron chi connectivity index (χ3n) is 3.53. The monoisotopic (exact) mass is 312 g/mol. The first kappa shape index (κ1) is 16.4. The van der Waals surface area contributed by atoms with Crippen molar-refractivity contribution in [2.24, 2.45) is 0 Å². The van der Waals surface area contributed by atoms with Crippen LogP contribution in [0.25, 0.3) is 0 Å². The molecule has 0 spiro atoms. The summed E-state index contributed by atoms with van der Waals surface area (Å²) in [6.07, 6.45) is 0.670. The van der Waals surface area contributed by atoms with Crippen molar-refractivity contribution in [1.82, 2.24) is 0 Å². The quantitative estimate of drug-likeness (QED) is 0.652. The molecular weight excluding hydrogens is 292 g/mol. The topological polar surface area (TPSA) is 37.3 Å². The van der Waals surface area contributed by atoms with Crippen molar-refractivity contribution < 1.29 is 9.90 Å². The molecule has 0 heterocycles. The normalized spacial score (nSPS) is 10.5. The molecule has 1 N–H and O–H groups in total. The maximum absolute atomic E-state index is 12.3. The van der Waals surface area contributed by atoms with Gasteiger partial charge < -0.3 is 5.11 Å². The van der Waals surface area contributed by atoms with Gasteiger partial charge in [0.1, 0.15) is 5.75 Å². The molecule has 0 saturated carbocycles. The fourth-order valence-electron chi connectivity index (χ4n) is 2.52. The number of hydrogen-bond donors (Lipinski definition) is 1. The number of thiocarbonyl (C=S) groups is 1. The highest BCUT2D eigenvalue weighted by Gasteiger charge is 2.12. The van der Waals surface area contributed by atoms with E-state index in [2.05, 4.69) is 0 Å². The van der Waals surface area contributed by atoms with E-state index in [9.17, 15) is 9.90 Å². The number of aryl methyl sites for hydroxylation is 3. The molecule has 114 valence electrons. The zero-order valence-electron chi connectivity index (χ0n) is 13.1. The van der Waals surface area contributed by atoms with Crippen LogP contribution < -0.4 is 0 Å². The van der Waals surface area contributed by atoms with Crippen LogP contribution in [0.3, 0.4) is 0 Å². The van der Waals surface area contributed by atoms with Crippen LogP contribution in [0, 0.1) is 20.8 Å². The Labute approximate surface area is 136 Å². The number of phenolic OH excluding ortho intramolecular Hbond substituents is 1. The van der Waals surface area contributed by atoms with E-state index in [0.717, 1.165) is 22.3 Å². The minimum atomic E-state index is 0.0309. The lowest BCUT2D eigenvalue weighted by Gasteiger charge is -2.08. The Kier molecular flexibility index (Phi) is 5.09. The van der Waals surface area contributed by atoms with Gasteiger partial charge in [-0.05, 0) is 50.1 Å². The first-order valence-electron chi connectivity index (χ1n) is 7.27. The molecule has 0 amide bonds. The number of benzene rings is 2. The van der Waals surface area contributed by atoms with Crippen molar-refractivity contribution in [3.8, 4) is 5.75 Å². The van der Waals surface area contributed by atoms with Gasteiger partial charge in [0.05, 0.1) is 0 Å². The number of ketones is 1. The molecule has 0 saturated heterocycles. The molecule has 2 aromatic carbocycles. The molecule has 0 aliphatic carbocycles. The molecule has 0 atom stereocenters. The van der Waals surface area contributed by atoms with Crippen LogP contribution in [0.5, 0.6) is 5.75 Å². The first-order valence-corrected chi connectivity index (χ1v) is 7.67. The molecule has 0 aromatic heterocycles. The Morgan fingerprint density at radius 2 is 1.64 bits per heavy atom. The van der Waals surface area contributed by atoms with Crippen LogP contribution >= 0.6 is 12.2 Å². The Balaban J connectivity index is 2.06. The number of rotatable bonds is 5. The van der Waals surface area contributed by atoms with Crippen molar-refractivity contribution in [3.05, 3.63) is 64.2 Å². The van der Waals surface area contributed by atoms with Crippen LogP contribution in [0.1, 0.15) is 39.0 Å². The lowest BCUT2D eigenvalue weighted by molar-refractivity contribution is 0.100. The van der Waals surface area contributed by atoms with Crippen LogP contribution in [0.2, 0.25) is 0 Å². The van der Waals surface area contributed by atoms with Gasteiger partial charge in [-0.25, -0.2) is 0 Å². The van der Waals surface area contributed by atoms with Crippen LogP contribution in [-0.2, 0) is 6.42 Å². The summed E-state index contributed by atoms with van der Waals surface area (Å²) in [5.74, 6) is 0.268. The number of aromatic hydroxyl groups is 1. The van der Waals surface area contributed by atoms with Gasteiger partial charge in [-0.2, -0.15) is 0 Å². The van der Waals surface area contributed by atoms with Crippen LogP contribution in [0.4, 0.5) is 0 Å². The Morgan fingerprint density at radius 1 is 1.00 bits per heavy atom. The largest absolute Gasteiger partial charge is 0.508 e. The summed E-state index contributed by atoms with van der Waals surface area (Å²) in [5.41, 5.74) is 4.62. The second-order valence-electron chi connectivity index (χ2n) is 5.82. The maximum Gasteiger partial charge on any atom is 0.167 e. The van der Waals surface area contributed by atoms with Gasteiger partial charge >= 0.3 is 0 Å². The van der Waals surface area contributed by atoms with Crippen molar-refractivity contribution >= 4 is 22.9 Å². The summed E-state index contributed by atoms with van der Waals surface area (Å²) >= 11 is 5.34. The minimum absolute atomic E-state index is 0.0309. The van der Waals surface area contributed by atoms with Gasteiger partial charge in [-0.3, -0.25) is 4.79 Å². The van der Waals surface area contributed by atoms with Gasteiger partial charge in [0.25, 0.3) is 0 Å². The van der Waals surface area contributed by atoms with Gasteiger partial charge in [0, 0.05) is 23.3 Å². The van der Waals surface area contributed by atoms with Crippen LogP contribution in [-0.4, -0.2) is 15.8 Å². The number of hydrogen-bond acceptors (Lipinski definition) is 3. The average molecular weight is 312 g/mol. The van der Waals surface area contributed by atoms with Crippen molar-refractivity contribution in [2.75, 3.05) is 0 Å². The van der Waals surface area contributed by atoms with E-state index in [1.165, 1.54) is 0 Å². The van der Waals surface area contributed by atoms with E-state index in [0.29, 0.717) is 16.8 Å². The SMILES string of the molecule is Cc1cc(C)cc(C(=O)CC(=S)Cc2ccc(C)cc2O)c1. The summed E-state index contributed by atoms with van der Waals surface area (Å²) in [4.78, 5) is 13.0. The lowest BCUT2D eigenvalue weighted by Crippen LogP contribution is -2.09. The number of carbonyl (C=O) groups is 1. The van der Waals surface area contributed by atoms with Crippen molar-refractivity contribution in [1.29, 1.82) is 0 Å². The van der Waals surface area contributed by atoms with E-state index in [4.69, 9.17) is 12.2 Å². The average Bonchev–Trinajstić information content (AvgIpc) is 2.40. The lowest BCUT2D eigenvalue weighted by atomic mass is 9.99. The van der Waals surface area contributed by atoms with Crippen molar-refractivity contribution in [2.45, 2.75) is 33.6 Å². The summed E-state index contributed by atoms with van der Waals surface area (Å²) in [5, 5.41) is 9.92. The zero-order valence-corrected chi connectivity index (χ0v) is 14.0. The van der Waals surface area contributed by atoms with E-state index >= 15 is 0 Å². The number of Topliss-reactive ketones (excluding diaryl/α,β-unsaturated/α-hetero) is 1. The summed E-state index contributed by atoms with van der Waals surface area (Å²) in [6.45, 7) is 5.88. The van der Waals surface area contributed by atoms with E-state index in [1.807, 2.05) is 51.1 Å². The summed E-state index contributed by atoms with van der Waals surface area (Å²) in [6, 6.07) is 11.3. The first-order chi connectivity index (χ1) is 10.3. The van der Waals surface area contributed by atoms with Crippen molar-refractivity contribution in [3.63, 3.8) is 0 Å². The molecule has 0 bridgehead atoms. The molecule has 0 unspecified atom stereocenters. The maximum atomic E-state index is 12.3. The molecular formula is C19H20O2S. The smallest absolute Gasteiger partial charge is 0.167 e. The Bertz CT molecular complexity index is 712. The van der Waals surface area contributed by atoms with Gasteiger partial charge in [0.15, 0.2) is 5.78 Å². The van der Waals surface area contributed by atoms with Gasteiger partial charge in [0.2, 0.25) is 0 Å². The summed E-state index contributed by atoms with van der Waals surface area (Å²) in [7, 11) is 0. The Morgan fingerprint density at radius 3 is 2.23 bits per heavy atom. The Hall–Kier alpha value is -2.00. The zero-order chi connectivity index (χ0) is 16.3. The van der Waals surface area contributed by atoms with E-state index in [-0.39, 0.29) is 18.0 Å². The molecule has 3 heteroatoms. The fourth-order valence-corrected chi connectivity index (χ4v) is 2.80. The molecule has 2 aromatic rings. The molecule has 2 rings (SSSR count).